The Labute approximate surface area is 338 Å². The molecule has 15 heteroatoms. The maximum absolute atomic E-state index is 13.3. The number of likely N-dealkylation sites (N-methyl/N-ethyl adjacent to an activating group) is 1. The van der Waals surface area contributed by atoms with Gasteiger partial charge in [0.05, 0.1) is 43.0 Å². The molecule has 3 aliphatic rings. The number of allylic oxidation sites excluding steroid dienone is 3. The van der Waals surface area contributed by atoms with Crippen LogP contribution in [0.1, 0.15) is 80.1 Å². The molecule has 15 atom stereocenters. The molecule has 0 spiro atoms. The number of ether oxygens (including phenoxy) is 9. The number of aliphatic hydroxyl groups is 1. The third kappa shape index (κ3) is 13.3. The van der Waals surface area contributed by atoms with Gasteiger partial charge in [-0.1, -0.05) is 38.2 Å². The van der Waals surface area contributed by atoms with Gasteiger partial charge in [0.2, 0.25) is 0 Å². The van der Waals surface area contributed by atoms with Crippen LogP contribution >= 0.6 is 0 Å². The summed E-state index contributed by atoms with van der Waals surface area (Å²) in [5, 5.41) is 12.1. The second-order valence-corrected chi connectivity index (χ2v) is 15.7. The molecule has 0 aromatic heterocycles. The highest BCUT2D eigenvalue weighted by molar-refractivity contribution is 5.91. The van der Waals surface area contributed by atoms with Crippen molar-refractivity contribution >= 4 is 24.0 Å². The Hall–Kier alpha value is -2.86. The van der Waals surface area contributed by atoms with Crippen LogP contribution in [0.4, 0.5) is 0 Å². The van der Waals surface area contributed by atoms with Crippen LogP contribution in [0.3, 0.4) is 0 Å². The van der Waals surface area contributed by atoms with Crippen molar-refractivity contribution in [2.75, 3.05) is 34.9 Å². The molecule has 0 aromatic rings. The lowest BCUT2D eigenvalue weighted by Gasteiger charge is -2.51. The van der Waals surface area contributed by atoms with Crippen LogP contribution in [-0.2, 0) is 61.8 Å². The Bertz CT molecular complexity index is 1370. The second kappa shape index (κ2) is 23.1. The van der Waals surface area contributed by atoms with Crippen molar-refractivity contribution < 1.29 is 66.9 Å². The van der Waals surface area contributed by atoms with Crippen LogP contribution in [0.15, 0.2) is 37.0 Å². The fourth-order valence-electron chi connectivity index (χ4n) is 7.94. The van der Waals surface area contributed by atoms with E-state index in [4.69, 9.17) is 42.6 Å². The lowest BCUT2D eigenvalue weighted by Crippen LogP contribution is -2.66. The average molecular weight is 810 g/mol. The maximum Gasteiger partial charge on any atom is 0.309 e. The summed E-state index contributed by atoms with van der Waals surface area (Å²) in [7, 11) is 6.58. The quantitative estimate of drug-likeness (QED) is 0.152. The van der Waals surface area contributed by atoms with Crippen molar-refractivity contribution in [1.82, 2.24) is 4.90 Å². The van der Waals surface area contributed by atoms with Crippen LogP contribution in [-0.4, -0.2) is 148 Å². The standard InChI is InChI=1S/C42H67NO14/c1-12-21-51-40-28(6)53-34(24-42(40,7)50-11)56-37-27(5)54-41(36(48)35(37)43(8)9)57-38-29(19-20-44)22-25(3)30(45)18-16-14-15-17-26(4)52-33(47)23-31(39(38)49-10)55-32(46)13-2/h12,14-16,18,20,25-29,31,34-41,48H,1,13,17,19,21-24H2,2-11H3/b15-14+,18-16+/t25-,26-,27-,28+,29+,31-,34+,35-,36-,37-,38+,39+,40+,41+,42-/m1/s1. The van der Waals surface area contributed by atoms with E-state index in [-0.39, 0.29) is 31.5 Å². The molecule has 324 valence electrons. The van der Waals surface area contributed by atoms with Gasteiger partial charge in [0.25, 0.3) is 0 Å². The monoisotopic (exact) mass is 809 g/mol. The van der Waals surface area contributed by atoms with Gasteiger partial charge < -0.3 is 57.4 Å². The molecule has 3 rings (SSSR count). The van der Waals surface area contributed by atoms with Gasteiger partial charge in [-0.25, -0.2) is 0 Å². The third-order valence-electron chi connectivity index (χ3n) is 11.0. The van der Waals surface area contributed by atoms with Crippen LogP contribution < -0.4 is 0 Å². The molecule has 15 nitrogen and oxygen atoms in total. The minimum absolute atomic E-state index is 0.00767. The first kappa shape index (κ1) is 48.5. The number of nitrogens with zero attached hydrogens (tertiary/aromatic N) is 1. The summed E-state index contributed by atoms with van der Waals surface area (Å²) in [6, 6.07) is -0.707. The molecule has 1 N–H and O–H groups in total. The smallest absolute Gasteiger partial charge is 0.309 e. The minimum Gasteiger partial charge on any atom is -0.462 e. The van der Waals surface area contributed by atoms with Gasteiger partial charge in [-0.05, 0) is 60.2 Å². The predicted octanol–water partition coefficient (Wildman–Crippen LogP) is 3.88. The highest BCUT2D eigenvalue weighted by Crippen LogP contribution is 2.38. The molecule has 0 aromatic carbocycles. The number of hydrogen-bond donors (Lipinski definition) is 1. The molecule has 0 unspecified atom stereocenters. The van der Waals surface area contributed by atoms with Gasteiger partial charge in [0, 0.05) is 45.8 Å². The zero-order chi connectivity index (χ0) is 42.4. The number of aldehydes is 1. The number of rotatable bonds is 14. The highest BCUT2D eigenvalue weighted by atomic mass is 16.7. The molecule has 0 aliphatic carbocycles. The zero-order valence-electron chi connectivity index (χ0n) is 35.4. The van der Waals surface area contributed by atoms with Gasteiger partial charge >= 0.3 is 11.9 Å². The van der Waals surface area contributed by atoms with Crippen molar-refractivity contribution in [2.24, 2.45) is 11.8 Å². The van der Waals surface area contributed by atoms with E-state index in [0.29, 0.717) is 25.7 Å². The molecule has 57 heavy (non-hydrogen) atoms. The van der Waals surface area contributed by atoms with E-state index in [1.807, 2.05) is 18.7 Å². The maximum atomic E-state index is 13.3. The molecule has 3 aliphatic heterocycles. The summed E-state index contributed by atoms with van der Waals surface area (Å²) in [6.45, 7) is 14.8. The molecule has 2 fully saturated rings. The zero-order valence-corrected chi connectivity index (χ0v) is 35.4. The molecule has 3 heterocycles. The minimum atomic E-state index is -1.34. The molecule has 0 radical (unpaired) electrons. The van der Waals surface area contributed by atoms with Gasteiger partial charge in [-0.3, -0.25) is 14.4 Å². The number of esters is 2. The van der Waals surface area contributed by atoms with Crippen molar-refractivity contribution in [1.29, 1.82) is 0 Å². The van der Waals surface area contributed by atoms with E-state index in [1.54, 1.807) is 73.2 Å². The number of carbonyl (C=O) groups excluding carboxylic acids is 4. The van der Waals surface area contributed by atoms with Crippen LogP contribution in [0.2, 0.25) is 0 Å². The normalized spacial score (nSPS) is 39.9. The summed E-state index contributed by atoms with van der Waals surface area (Å²) >= 11 is 0. The second-order valence-electron chi connectivity index (χ2n) is 15.7. The van der Waals surface area contributed by atoms with Gasteiger partial charge in [0.1, 0.15) is 42.9 Å². The summed E-state index contributed by atoms with van der Waals surface area (Å²) < 4.78 is 55.5. The van der Waals surface area contributed by atoms with E-state index in [2.05, 4.69) is 6.58 Å². The van der Waals surface area contributed by atoms with Gasteiger partial charge in [-0.15, -0.1) is 6.58 Å². The van der Waals surface area contributed by atoms with Crippen molar-refractivity contribution in [2.45, 2.75) is 159 Å². The van der Waals surface area contributed by atoms with E-state index < -0.39 is 103 Å². The summed E-state index contributed by atoms with van der Waals surface area (Å²) in [4.78, 5) is 53.5. The van der Waals surface area contributed by atoms with Crippen LogP contribution in [0, 0.1) is 11.8 Å². The van der Waals surface area contributed by atoms with Crippen molar-refractivity contribution in [3.05, 3.63) is 37.0 Å². The summed E-state index contributed by atoms with van der Waals surface area (Å²) in [6.07, 6.45) is -0.368. The number of methoxy groups -OCH3 is 2. The lowest BCUT2D eigenvalue weighted by atomic mass is 9.83. The topological polar surface area (TPSA) is 175 Å². The Morgan fingerprint density at radius 1 is 1.05 bits per heavy atom. The first-order chi connectivity index (χ1) is 27.0. The molecule has 2 saturated heterocycles. The highest BCUT2D eigenvalue weighted by Gasteiger charge is 2.53. The van der Waals surface area contributed by atoms with Gasteiger partial charge in [0.15, 0.2) is 18.4 Å². The largest absolute Gasteiger partial charge is 0.462 e. The molecular weight excluding hydrogens is 742 g/mol. The van der Waals surface area contributed by atoms with Crippen molar-refractivity contribution in [3.63, 3.8) is 0 Å². The number of carbonyl (C=O) groups is 4. The first-order valence-electron chi connectivity index (χ1n) is 20.0. The Morgan fingerprint density at radius 3 is 2.39 bits per heavy atom. The molecule has 0 amide bonds. The van der Waals surface area contributed by atoms with Crippen LogP contribution in [0.25, 0.3) is 0 Å². The SMILES string of the molecule is C=CCO[C@H]1[C@H](C)O[C@@H](O[C@H]2[C@H](N(C)C)[C@@H](O)[C@H](O[C@H]3[C@@H](CC=O)C[C@@H](C)C(=O)/C=C/C=C/C[C@@H](C)OC(=O)C[C@@H](OC(=O)CC)[C@@H]3OC)O[C@@H]2C)C[C@@]1(C)OC. The molecule has 0 saturated carbocycles. The first-order valence-corrected chi connectivity index (χ1v) is 20.0. The van der Waals surface area contributed by atoms with E-state index in [9.17, 15) is 24.3 Å². The number of cyclic esters (lactones) is 1. The third-order valence-corrected chi connectivity index (χ3v) is 11.0. The Kier molecular flexibility index (Phi) is 19.6. The van der Waals surface area contributed by atoms with E-state index in [1.165, 1.54) is 13.2 Å². The van der Waals surface area contributed by atoms with Crippen molar-refractivity contribution in [3.8, 4) is 0 Å². The number of ketones is 1. The van der Waals surface area contributed by atoms with Gasteiger partial charge in [-0.2, -0.15) is 0 Å². The number of aliphatic hydroxyl groups excluding tert-OH is 1. The van der Waals surface area contributed by atoms with E-state index in [0.717, 1.165) is 0 Å². The predicted molar refractivity (Wildman–Crippen MR) is 209 cm³/mol. The fraction of sp³-hybridized carbons (Fsp3) is 0.762. The summed E-state index contributed by atoms with van der Waals surface area (Å²) in [5.41, 5.74) is -0.762. The van der Waals surface area contributed by atoms with Crippen LogP contribution in [0.5, 0.6) is 0 Å². The molecular formula is C42H67NO14. The Morgan fingerprint density at radius 2 is 1.77 bits per heavy atom. The Balaban J connectivity index is 2.03. The van der Waals surface area contributed by atoms with E-state index >= 15 is 0 Å². The average Bonchev–Trinajstić information content (AvgIpc) is 3.15. The molecule has 0 bridgehead atoms. The lowest BCUT2D eigenvalue weighted by molar-refractivity contribution is -0.346. The number of hydrogen-bond acceptors (Lipinski definition) is 15. The summed E-state index contributed by atoms with van der Waals surface area (Å²) in [5.74, 6) is -2.71. The fourth-order valence-corrected chi connectivity index (χ4v) is 7.94.